The van der Waals surface area contributed by atoms with Gasteiger partial charge in [0.1, 0.15) is 6.54 Å². The molecule has 0 bridgehead atoms. The number of rotatable bonds is 6. The van der Waals surface area contributed by atoms with Crippen molar-refractivity contribution < 1.29 is 18.0 Å². The van der Waals surface area contributed by atoms with E-state index in [0.29, 0.717) is 22.5 Å². The Balaban J connectivity index is 1.53. The summed E-state index contributed by atoms with van der Waals surface area (Å²) in [5, 5.41) is 15.3. The molecule has 0 saturated heterocycles. The number of carbonyl (C=O) groups is 1. The predicted octanol–water partition coefficient (Wildman–Crippen LogP) is 4.99. The molecule has 0 atom stereocenters. The summed E-state index contributed by atoms with van der Waals surface area (Å²) in [5.41, 5.74) is 1.49. The standard InChI is InChI=1S/C22H16F3N5O/c23-22(24,25)16-10-12-17(13-11-16)26-19-9-5-4-8-18(19)21-27-29-30(28-21)14-20(31)15-6-2-1-3-7-15/h1-13,26H,14H2. The molecule has 0 unspecified atom stereocenters. The van der Waals surface area contributed by atoms with Crippen LogP contribution in [-0.4, -0.2) is 26.0 Å². The number of alkyl halides is 3. The van der Waals surface area contributed by atoms with Gasteiger partial charge in [-0.2, -0.15) is 18.0 Å². The highest BCUT2D eigenvalue weighted by atomic mass is 19.4. The zero-order chi connectivity index (χ0) is 21.8. The fourth-order valence-corrected chi connectivity index (χ4v) is 2.95. The number of benzene rings is 3. The van der Waals surface area contributed by atoms with Crippen LogP contribution in [0.2, 0.25) is 0 Å². The number of carbonyl (C=O) groups excluding carboxylic acids is 1. The molecule has 0 aliphatic heterocycles. The predicted molar refractivity (Wildman–Crippen MR) is 109 cm³/mol. The van der Waals surface area contributed by atoms with Crippen molar-refractivity contribution in [2.45, 2.75) is 12.7 Å². The van der Waals surface area contributed by atoms with Crippen molar-refractivity contribution in [3.63, 3.8) is 0 Å². The number of hydrogen-bond donors (Lipinski definition) is 1. The third kappa shape index (κ3) is 4.77. The molecule has 0 saturated carbocycles. The van der Waals surface area contributed by atoms with Crippen LogP contribution in [-0.2, 0) is 12.7 Å². The average Bonchev–Trinajstić information content (AvgIpc) is 3.23. The maximum absolute atomic E-state index is 12.8. The molecule has 9 heteroatoms. The van der Waals surface area contributed by atoms with Gasteiger partial charge in [-0.3, -0.25) is 4.79 Å². The van der Waals surface area contributed by atoms with Crippen molar-refractivity contribution in [2.24, 2.45) is 0 Å². The van der Waals surface area contributed by atoms with Crippen molar-refractivity contribution >= 4 is 17.2 Å². The highest BCUT2D eigenvalue weighted by Crippen LogP contribution is 2.32. The summed E-state index contributed by atoms with van der Waals surface area (Å²) in [6.45, 7) is -0.0640. The third-order valence-electron chi connectivity index (χ3n) is 4.49. The van der Waals surface area contributed by atoms with Crippen LogP contribution in [0, 0.1) is 0 Å². The van der Waals surface area contributed by atoms with E-state index in [-0.39, 0.29) is 18.2 Å². The lowest BCUT2D eigenvalue weighted by atomic mass is 10.1. The van der Waals surface area contributed by atoms with Gasteiger partial charge >= 0.3 is 6.18 Å². The number of Topliss-reactive ketones (excluding diaryl/α,β-unsaturated/α-hetero) is 1. The molecule has 0 amide bonds. The minimum atomic E-state index is -4.39. The molecule has 6 nitrogen and oxygen atoms in total. The molecule has 4 aromatic rings. The summed E-state index contributed by atoms with van der Waals surface area (Å²) in [6, 6.07) is 20.6. The Morgan fingerprint density at radius 1 is 0.903 bits per heavy atom. The van der Waals surface area contributed by atoms with Crippen molar-refractivity contribution in [1.82, 2.24) is 20.2 Å². The molecule has 3 aromatic carbocycles. The second-order valence-electron chi connectivity index (χ2n) is 6.68. The number of halogens is 3. The van der Waals surface area contributed by atoms with Crippen molar-refractivity contribution in [3.05, 3.63) is 90.0 Å². The van der Waals surface area contributed by atoms with Gasteiger partial charge in [0.25, 0.3) is 0 Å². The minimum Gasteiger partial charge on any atom is -0.355 e. The average molecular weight is 423 g/mol. The maximum Gasteiger partial charge on any atom is 0.416 e. The van der Waals surface area contributed by atoms with E-state index in [1.165, 1.54) is 16.9 Å². The Morgan fingerprint density at radius 3 is 2.29 bits per heavy atom. The van der Waals surface area contributed by atoms with Gasteiger partial charge in [-0.1, -0.05) is 42.5 Å². The first-order valence-electron chi connectivity index (χ1n) is 9.30. The Kier molecular flexibility index (Phi) is 5.48. The topological polar surface area (TPSA) is 72.7 Å². The SMILES string of the molecule is O=C(Cn1nnc(-c2ccccc2Nc2ccc(C(F)(F)F)cc2)n1)c1ccccc1. The third-order valence-corrected chi connectivity index (χ3v) is 4.49. The van der Waals surface area contributed by atoms with Gasteiger partial charge in [-0.25, -0.2) is 0 Å². The Labute approximate surface area is 175 Å². The van der Waals surface area contributed by atoms with E-state index >= 15 is 0 Å². The zero-order valence-electron chi connectivity index (χ0n) is 16.0. The molecule has 0 aliphatic rings. The smallest absolute Gasteiger partial charge is 0.355 e. The van der Waals surface area contributed by atoms with Crippen LogP contribution in [0.4, 0.5) is 24.5 Å². The normalized spacial score (nSPS) is 11.3. The molecular formula is C22H16F3N5O. The summed E-state index contributed by atoms with van der Waals surface area (Å²) in [6.07, 6.45) is -4.39. The van der Waals surface area contributed by atoms with E-state index in [1.54, 1.807) is 48.5 Å². The fourth-order valence-electron chi connectivity index (χ4n) is 2.95. The van der Waals surface area contributed by atoms with E-state index in [9.17, 15) is 18.0 Å². The lowest BCUT2D eigenvalue weighted by molar-refractivity contribution is -0.137. The zero-order valence-corrected chi connectivity index (χ0v) is 16.0. The first-order valence-corrected chi connectivity index (χ1v) is 9.30. The van der Waals surface area contributed by atoms with Gasteiger partial charge in [0.15, 0.2) is 5.78 Å². The molecule has 0 spiro atoms. The molecule has 1 aromatic heterocycles. The van der Waals surface area contributed by atoms with Crippen molar-refractivity contribution in [3.8, 4) is 11.4 Å². The molecule has 0 radical (unpaired) electrons. The minimum absolute atomic E-state index is 0.0640. The van der Waals surface area contributed by atoms with E-state index in [4.69, 9.17) is 0 Å². The first kappa shape index (κ1) is 20.3. The number of nitrogens with zero attached hydrogens (tertiary/aromatic N) is 4. The highest BCUT2D eigenvalue weighted by Gasteiger charge is 2.30. The Hall–Kier alpha value is -4.01. The van der Waals surface area contributed by atoms with Gasteiger partial charge in [0, 0.05) is 22.5 Å². The largest absolute Gasteiger partial charge is 0.416 e. The number of nitrogens with one attached hydrogen (secondary N) is 1. The maximum atomic E-state index is 12.8. The number of tetrazole rings is 1. The van der Waals surface area contributed by atoms with Crippen LogP contribution in [0.15, 0.2) is 78.9 Å². The fraction of sp³-hybridized carbons (Fsp3) is 0.0909. The molecule has 0 fully saturated rings. The number of ketones is 1. The first-order chi connectivity index (χ1) is 14.9. The van der Waals surface area contributed by atoms with E-state index in [1.807, 2.05) is 6.07 Å². The molecule has 1 heterocycles. The number of anilines is 2. The highest BCUT2D eigenvalue weighted by molar-refractivity contribution is 5.95. The van der Waals surface area contributed by atoms with Crippen molar-refractivity contribution in [1.29, 1.82) is 0 Å². The van der Waals surface area contributed by atoms with Gasteiger partial charge in [0.05, 0.1) is 5.56 Å². The summed E-state index contributed by atoms with van der Waals surface area (Å²) in [4.78, 5) is 13.6. The molecule has 1 N–H and O–H groups in total. The van der Waals surface area contributed by atoms with Crippen LogP contribution in [0.1, 0.15) is 15.9 Å². The summed E-state index contributed by atoms with van der Waals surface area (Å²) >= 11 is 0. The van der Waals surface area contributed by atoms with Crippen LogP contribution < -0.4 is 5.32 Å². The van der Waals surface area contributed by atoms with Gasteiger partial charge in [-0.15, -0.1) is 10.2 Å². The number of aromatic nitrogens is 4. The van der Waals surface area contributed by atoms with Crippen LogP contribution in [0.25, 0.3) is 11.4 Å². The second kappa shape index (κ2) is 8.39. The van der Waals surface area contributed by atoms with Crippen LogP contribution >= 0.6 is 0 Å². The van der Waals surface area contributed by atoms with Crippen LogP contribution in [0.3, 0.4) is 0 Å². The second-order valence-corrected chi connectivity index (χ2v) is 6.68. The molecular weight excluding hydrogens is 407 g/mol. The van der Waals surface area contributed by atoms with Gasteiger partial charge in [-0.05, 0) is 41.6 Å². The van der Waals surface area contributed by atoms with E-state index in [2.05, 4.69) is 20.7 Å². The van der Waals surface area contributed by atoms with Gasteiger partial charge < -0.3 is 5.32 Å². The molecule has 31 heavy (non-hydrogen) atoms. The van der Waals surface area contributed by atoms with E-state index < -0.39 is 11.7 Å². The number of hydrogen-bond acceptors (Lipinski definition) is 5. The molecule has 4 rings (SSSR count). The lowest BCUT2D eigenvalue weighted by Crippen LogP contribution is -2.13. The van der Waals surface area contributed by atoms with Crippen molar-refractivity contribution in [2.75, 3.05) is 5.32 Å². The summed E-state index contributed by atoms with van der Waals surface area (Å²) in [5.74, 6) is 0.136. The lowest BCUT2D eigenvalue weighted by Gasteiger charge is -2.11. The number of para-hydroxylation sites is 1. The Morgan fingerprint density at radius 2 is 1.58 bits per heavy atom. The quantitative estimate of drug-likeness (QED) is 0.443. The monoisotopic (exact) mass is 423 g/mol. The molecule has 0 aliphatic carbocycles. The summed E-state index contributed by atoms with van der Waals surface area (Å²) < 4.78 is 38.3. The summed E-state index contributed by atoms with van der Waals surface area (Å²) in [7, 11) is 0. The van der Waals surface area contributed by atoms with Crippen LogP contribution in [0.5, 0.6) is 0 Å². The Bertz CT molecular complexity index is 1190. The van der Waals surface area contributed by atoms with E-state index in [0.717, 1.165) is 12.1 Å². The molecule has 156 valence electrons. The van der Waals surface area contributed by atoms with Gasteiger partial charge in [0.2, 0.25) is 5.82 Å².